The second kappa shape index (κ2) is 6.86. The Bertz CT molecular complexity index is 1090. The quantitative estimate of drug-likeness (QED) is 0.471. The first-order valence-corrected chi connectivity index (χ1v) is 9.02. The first-order valence-electron chi connectivity index (χ1n) is 7.83. The molecule has 6 heteroatoms. The van der Waals surface area contributed by atoms with E-state index in [0.29, 0.717) is 5.69 Å². The van der Waals surface area contributed by atoms with Crippen molar-refractivity contribution < 1.29 is 9.18 Å². The lowest BCUT2D eigenvalue weighted by Crippen LogP contribution is -2.13. The Kier molecular flexibility index (Phi) is 4.41. The summed E-state index contributed by atoms with van der Waals surface area (Å²) in [5.41, 5.74) is 2.57. The Morgan fingerprint density at radius 3 is 2.62 bits per heavy atom. The number of anilines is 1. The second-order valence-electron chi connectivity index (χ2n) is 5.61. The molecule has 1 N–H and O–H groups in total. The number of aromatic nitrogens is 1. The van der Waals surface area contributed by atoms with E-state index >= 15 is 0 Å². The molecule has 128 valence electrons. The van der Waals surface area contributed by atoms with Crippen LogP contribution in [-0.2, 0) is 0 Å². The van der Waals surface area contributed by atoms with Crippen molar-refractivity contribution in [2.75, 3.05) is 5.32 Å². The molecule has 3 aromatic carbocycles. The second-order valence-corrected chi connectivity index (χ2v) is 7.05. The maximum absolute atomic E-state index is 13.2. The number of benzene rings is 3. The van der Waals surface area contributed by atoms with Crippen LogP contribution in [-0.4, -0.2) is 10.9 Å². The summed E-state index contributed by atoms with van der Waals surface area (Å²) in [6.45, 7) is 0. The number of para-hydroxylation sites is 2. The minimum absolute atomic E-state index is 0.0694. The fourth-order valence-corrected chi connectivity index (χ4v) is 3.89. The van der Waals surface area contributed by atoms with E-state index in [1.54, 1.807) is 17.4 Å². The molecule has 4 rings (SSSR count). The summed E-state index contributed by atoms with van der Waals surface area (Å²) in [5.74, 6) is -0.884. The minimum atomic E-state index is -0.485. The lowest BCUT2D eigenvalue weighted by atomic mass is 10.1. The van der Waals surface area contributed by atoms with Crippen LogP contribution < -0.4 is 5.32 Å². The number of rotatable bonds is 3. The van der Waals surface area contributed by atoms with Gasteiger partial charge in [-0.15, -0.1) is 11.3 Å². The number of halogens is 2. The predicted octanol–water partition coefficient (Wildman–Crippen LogP) is 6.01. The Labute approximate surface area is 158 Å². The third kappa shape index (κ3) is 3.19. The van der Waals surface area contributed by atoms with Crippen molar-refractivity contribution in [1.29, 1.82) is 0 Å². The number of nitrogens with zero attached hydrogens (tertiary/aromatic N) is 1. The summed E-state index contributed by atoms with van der Waals surface area (Å²) in [5, 5.41) is 3.73. The van der Waals surface area contributed by atoms with E-state index in [4.69, 9.17) is 11.6 Å². The number of fused-ring (bicyclic) bond motifs is 1. The van der Waals surface area contributed by atoms with Gasteiger partial charge in [-0.05, 0) is 42.5 Å². The molecular weight excluding hydrogens is 371 g/mol. The zero-order valence-electron chi connectivity index (χ0n) is 13.4. The number of thiazole rings is 1. The average molecular weight is 383 g/mol. The van der Waals surface area contributed by atoms with Gasteiger partial charge in [0, 0.05) is 5.56 Å². The number of carbonyl (C=O) groups excluding carboxylic acids is 1. The number of amides is 1. The van der Waals surface area contributed by atoms with Gasteiger partial charge in [-0.1, -0.05) is 35.9 Å². The summed E-state index contributed by atoms with van der Waals surface area (Å²) in [7, 11) is 0. The Balaban J connectivity index is 1.70. The molecular formula is C20H12ClFN2OS. The summed E-state index contributed by atoms with van der Waals surface area (Å²) in [4.78, 5) is 17.2. The van der Waals surface area contributed by atoms with Gasteiger partial charge in [0.25, 0.3) is 5.91 Å². The van der Waals surface area contributed by atoms with Crippen molar-refractivity contribution in [3.8, 4) is 10.6 Å². The van der Waals surface area contributed by atoms with Crippen LogP contribution in [0.4, 0.5) is 10.1 Å². The molecule has 1 aromatic heterocycles. The van der Waals surface area contributed by atoms with Crippen LogP contribution in [0.15, 0.2) is 66.7 Å². The molecule has 26 heavy (non-hydrogen) atoms. The van der Waals surface area contributed by atoms with Crippen LogP contribution in [0.5, 0.6) is 0 Å². The zero-order chi connectivity index (χ0) is 18.1. The lowest BCUT2D eigenvalue weighted by Gasteiger charge is -2.10. The normalized spacial score (nSPS) is 10.8. The van der Waals surface area contributed by atoms with Gasteiger partial charge in [0.15, 0.2) is 0 Å². The Morgan fingerprint density at radius 2 is 1.81 bits per heavy atom. The van der Waals surface area contributed by atoms with E-state index in [1.165, 1.54) is 12.1 Å². The molecule has 0 atom stereocenters. The van der Waals surface area contributed by atoms with E-state index < -0.39 is 11.7 Å². The molecule has 0 aliphatic carbocycles. The highest BCUT2D eigenvalue weighted by Gasteiger charge is 2.15. The van der Waals surface area contributed by atoms with Gasteiger partial charge in [-0.3, -0.25) is 4.79 Å². The highest BCUT2D eigenvalue weighted by Crippen LogP contribution is 2.34. The monoisotopic (exact) mass is 382 g/mol. The van der Waals surface area contributed by atoms with Gasteiger partial charge in [-0.25, -0.2) is 9.37 Å². The smallest absolute Gasteiger partial charge is 0.257 e. The number of carbonyl (C=O) groups is 1. The first kappa shape index (κ1) is 16.7. The third-order valence-electron chi connectivity index (χ3n) is 3.88. The van der Waals surface area contributed by atoms with Crippen molar-refractivity contribution in [2.24, 2.45) is 0 Å². The maximum atomic E-state index is 13.2. The molecule has 0 saturated carbocycles. The fourth-order valence-electron chi connectivity index (χ4n) is 2.63. The maximum Gasteiger partial charge on any atom is 0.257 e. The summed E-state index contributed by atoms with van der Waals surface area (Å²) in [6, 6.07) is 19.0. The van der Waals surface area contributed by atoms with Gasteiger partial charge >= 0.3 is 0 Å². The van der Waals surface area contributed by atoms with E-state index in [0.717, 1.165) is 26.9 Å². The lowest BCUT2D eigenvalue weighted by molar-refractivity contribution is 0.102. The third-order valence-corrected chi connectivity index (χ3v) is 5.26. The van der Waals surface area contributed by atoms with Gasteiger partial charge in [0.1, 0.15) is 10.8 Å². The highest BCUT2D eigenvalue weighted by molar-refractivity contribution is 7.21. The molecule has 1 amide bonds. The van der Waals surface area contributed by atoms with Crippen molar-refractivity contribution in [1.82, 2.24) is 4.98 Å². The van der Waals surface area contributed by atoms with Crippen LogP contribution in [0, 0.1) is 5.82 Å². The number of hydrogen-bond acceptors (Lipinski definition) is 3. The Morgan fingerprint density at radius 1 is 1.04 bits per heavy atom. The van der Waals surface area contributed by atoms with E-state index in [9.17, 15) is 9.18 Å². The van der Waals surface area contributed by atoms with E-state index in [-0.39, 0.29) is 10.6 Å². The summed E-state index contributed by atoms with van der Waals surface area (Å²) < 4.78 is 14.3. The predicted molar refractivity (Wildman–Crippen MR) is 104 cm³/mol. The summed E-state index contributed by atoms with van der Waals surface area (Å²) in [6.07, 6.45) is 0. The van der Waals surface area contributed by atoms with Gasteiger partial charge < -0.3 is 5.32 Å². The highest BCUT2D eigenvalue weighted by atomic mass is 35.5. The molecule has 0 bridgehead atoms. The zero-order valence-corrected chi connectivity index (χ0v) is 14.9. The molecule has 0 aliphatic rings. The standard InChI is InChI=1S/C20H12ClFN2OS/c21-15-11-12(22)9-10-13(15)19(25)23-16-6-2-1-5-14(16)20-24-17-7-3-4-8-18(17)26-20/h1-11H,(H,23,25). The van der Waals surface area contributed by atoms with Gasteiger partial charge in [0.05, 0.1) is 26.5 Å². The largest absolute Gasteiger partial charge is 0.321 e. The van der Waals surface area contributed by atoms with E-state index in [1.807, 2.05) is 42.5 Å². The number of hydrogen-bond donors (Lipinski definition) is 1. The molecule has 0 radical (unpaired) electrons. The molecule has 0 spiro atoms. The molecule has 0 unspecified atom stereocenters. The van der Waals surface area contributed by atoms with Crippen LogP contribution in [0.3, 0.4) is 0 Å². The fraction of sp³-hybridized carbons (Fsp3) is 0. The van der Waals surface area contributed by atoms with Crippen LogP contribution in [0.25, 0.3) is 20.8 Å². The van der Waals surface area contributed by atoms with Crippen molar-refractivity contribution >= 4 is 44.7 Å². The van der Waals surface area contributed by atoms with Crippen LogP contribution >= 0.6 is 22.9 Å². The van der Waals surface area contributed by atoms with Crippen LogP contribution in [0.1, 0.15) is 10.4 Å². The molecule has 4 aromatic rings. The van der Waals surface area contributed by atoms with Crippen LogP contribution in [0.2, 0.25) is 5.02 Å². The molecule has 0 aliphatic heterocycles. The summed E-state index contributed by atoms with van der Waals surface area (Å²) >= 11 is 7.54. The molecule has 3 nitrogen and oxygen atoms in total. The number of nitrogens with one attached hydrogen (secondary N) is 1. The van der Waals surface area contributed by atoms with Crippen molar-refractivity contribution in [3.05, 3.63) is 83.1 Å². The van der Waals surface area contributed by atoms with Gasteiger partial charge in [0.2, 0.25) is 0 Å². The van der Waals surface area contributed by atoms with Crippen molar-refractivity contribution in [3.63, 3.8) is 0 Å². The first-order chi connectivity index (χ1) is 12.6. The molecule has 0 fully saturated rings. The molecule has 1 heterocycles. The topological polar surface area (TPSA) is 42.0 Å². The minimum Gasteiger partial charge on any atom is -0.321 e. The Hall–Kier alpha value is -2.76. The van der Waals surface area contributed by atoms with Gasteiger partial charge in [-0.2, -0.15) is 0 Å². The SMILES string of the molecule is O=C(Nc1ccccc1-c1nc2ccccc2s1)c1ccc(F)cc1Cl. The molecule has 0 saturated heterocycles. The van der Waals surface area contributed by atoms with Crippen molar-refractivity contribution in [2.45, 2.75) is 0 Å². The average Bonchev–Trinajstić information content (AvgIpc) is 3.06. The van der Waals surface area contributed by atoms with E-state index in [2.05, 4.69) is 10.3 Å².